The summed E-state index contributed by atoms with van der Waals surface area (Å²) in [6.07, 6.45) is 1.86. The molecule has 3 aliphatic rings. The molecule has 0 aromatic heterocycles. The van der Waals surface area contributed by atoms with E-state index < -0.39 is 0 Å². The first-order valence-corrected chi connectivity index (χ1v) is 4.77. The quantitative estimate of drug-likeness (QED) is 0.571. The van der Waals surface area contributed by atoms with Gasteiger partial charge in [0, 0.05) is 5.92 Å². The average molecular weight is 170 g/mol. The molecule has 3 fully saturated rings. The van der Waals surface area contributed by atoms with Gasteiger partial charge in [-0.2, -0.15) is 0 Å². The standard InChI is InChI=1S/C9H14O3/c10-7-3-5-4-12-9-8(5)6(7)1-2-11-9/h5-10H,1-4H2/t5-,6-,7-,8+,9+/m1/s1. The number of aliphatic hydroxyl groups is 1. The van der Waals surface area contributed by atoms with Gasteiger partial charge >= 0.3 is 0 Å². The van der Waals surface area contributed by atoms with E-state index in [1.54, 1.807) is 0 Å². The maximum Gasteiger partial charge on any atom is 0.161 e. The SMILES string of the molecule is O[C@@H]1C[C@@H]2CO[C@@H]3OCC[C@H]1[C@H]23. The maximum absolute atomic E-state index is 9.74. The summed E-state index contributed by atoms with van der Waals surface area (Å²) in [4.78, 5) is 0. The van der Waals surface area contributed by atoms with Crippen LogP contribution in [0.25, 0.3) is 0 Å². The van der Waals surface area contributed by atoms with Crippen molar-refractivity contribution in [2.45, 2.75) is 25.2 Å². The van der Waals surface area contributed by atoms with Gasteiger partial charge < -0.3 is 14.6 Å². The lowest BCUT2D eigenvalue weighted by atomic mass is 9.87. The number of aliphatic hydroxyl groups excluding tert-OH is 1. The van der Waals surface area contributed by atoms with Gasteiger partial charge in [0.05, 0.1) is 19.3 Å². The Morgan fingerprint density at radius 2 is 2.17 bits per heavy atom. The van der Waals surface area contributed by atoms with Gasteiger partial charge in [-0.25, -0.2) is 0 Å². The molecule has 2 heterocycles. The van der Waals surface area contributed by atoms with E-state index in [1.165, 1.54) is 0 Å². The zero-order chi connectivity index (χ0) is 8.13. The number of hydrogen-bond acceptors (Lipinski definition) is 3. The number of ether oxygens (including phenoxy) is 2. The van der Waals surface area contributed by atoms with E-state index in [-0.39, 0.29) is 12.4 Å². The van der Waals surface area contributed by atoms with E-state index in [2.05, 4.69) is 0 Å². The van der Waals surface area contributed by atoms with Gasteiger partial charge in [-0.1, -0.05) is 0 Å². The fourth-order valence-electron chi connectivity index (χ4n) is 3.05. The van der Waals surface area contributed by atoms with Gasteiger partial charge in [-0.3, -0.25) is 0 Å². The zero-order valence-corrected chi connectivity index (χ0v) is 6.98. The molecule has 1 saturated carbocycles. The van der Waals surface area contributed by atoms with E-state index in [0.717, 1.165) is 26.1 Å². The van der Waals surface area contributed by atoms with Crippen molar-refractivity contribution in [1.82, 2.24) is 0 Å². The maximum atomic E-state index is 9.74. The third-order valence-electron chi connectivity index (χ3n) is 3.60. The van der Waals surface area contributed by atoms with Crippen molar-refractivity contribution in [1.29, 1.82) is 0 Å². The summed E-state index contributed by atoms with van der Waals surface area (Å²) in [5.41, 5.74) is 0. The lowest BCUT2D eigenvalue weighted by Crippen LogP contribution is -2.35. The highest BCUT2D eigenvalue weighted by molar-refractivity contribution is 4.97. The Morgan fingerprint density at radius 1 is 1.25 bits per heavy atom. The van der Waals surface area contributed by atoms with Crippen molar-refractivity contribution >= 4 is 0 Å². The second-order valence-electron chi connectivity index (χ2n) is 4.17. The minimum absolute atomic E-state index is 0.00546. The topological polar surface area (TPSA) is 38.7 Å². The van der Waals surface area contributed by atoms with Crippen molar-refractivity contribution < 1.29 is 14.6 Å². The van der Waals surface area contributed by atoms with Crippen molar-refractivity contribution in [3.8, 4) is 0 Å². The first kappa shape index (κ1) is 7.30. The third-order valence-corrected chi connectivity index (χ3v) is 3.60. The Bertz CT molecular complexity index is 190. The molecule has 0 aromatic carbocycles. The second kappa shape index (κ2) is 2.44. The van der Waals surface area contributed by atoms with Crippen molar-refractivity contribution in [3.63, 3.8) is 0 Å². The molecule has 2 aliphatic heterocycles. The molecule has 3 nitrogen and oxygen atoms in total. The lowest BCUT2D eigenvalue weighted by Gasteiger charge is -2.31. The molecule has 2 saturated heterocycles. The van der Waals surface area contributed by atoms with Crippen LogP contribution >= 0.6 is 0 Å². The highest BCUT2D eigenvalue weighted by atomic mass is 16.7. The molecular formula is C9H14O3. The van der Waals surface area contributed by atoms with Crippen LogP contribution in [0.4, 0.5) is 0 Å². The molecule has 0 spiro atoms. The average Bonchev–Trinajstić information content (AvgIpc) is 2.61. The highest BCUT2D eigenvalue weighted by Crippen LogP contribution is 2.48. The van der Waals surface area contributed by atoms with Gasteiger partial charge in [-0.15, -0.1) is 0 Å². The Balaban J connectivity index is 1.89. The van der Waals surface area contributed by atoms with Gasteiger partial charge in [-0.05, 0) is 24.7 Å². The minimum Gasteiger partial charge on any atom is -0.393 e. The Morgan fingerprint density at radius 3 is 3.08 bits per heavy atom. The molecule has 5 atom stereocenters. The van der Waals surface area contributed by atoms with Crippen LogP contribution in [0.1, 0.15) is 12.8 Å². The highest BCUT2D eigenvalue weighted by Gasteiger charge is 2.52. The molecule has 0 aromatic rings. The lowest BCUT2D eigenvalue weighted by molar-refractivity contribution is -0.173. The van der Waals surface area contributed by atoms with Crippen LogP contribution in [0.5, 0.6) is 0 Å². The summed E-state index contributed by atoms with van der Waals surface area (Å²) in [7, 11) is 0. The minimum atomic E-state index is -0.0877. The summed E-state index contributed by atoms with van der Waals surface area (Å²) >= 11 is 0. The molecule has 3 rings (SSSR count). The summed E-state index contributed by atoms with van der Waals surface area (Å²) in [6, 6.07) is 0. The summed E-state index contributed by atoms with van der Waals surface area (Å²) < 4.78 is 11.0. The van der Waals surface area contributed by atoms with Crippen LogP contribution in [0, 0.1) is 17.8 Å². The molecule has 1 N–H and O–H groups in total. The Hall–Kier alpha value is -0.120. The number of rotatable bonds is 0. The van der Waals surface area contributed by atoms with Crippen LogP contribution in [-0.2, 0) is 9.47 Å². The first-order valence-electron chi connectivity index (χ1n) is 4.77. The van der Waals surface area contributed by atoms with Crippen molar-refractivity contribution in [2.24, 2.45) is 17.8 Å². The van der Waals surface area contributed by atoms with E-state index in [1.807, 2.05) is 0 Å². The normalized spacial score (nSPS) is 57.2. The summed E-state index contributed by atoms with van der Waals surface area (Å²) in [5.74, 6) is 1.51. The van der Waals surface area contributed by atoms with E-state index >= 15 is 0 Å². The fraction of sp³-hybridized carbons (Fsp3) is 1.00. The van der Waals surface area contributed by atoms with Gasteiger partial charge in [0.25, 0.3) is 0 Å². The van der Waals surface area contributed by atoms with Crippen LogP contribution < -0.4 is 0 Å². The van der Waals surface area contributed by atoms with Crippen LogP contribution in [-0.4, -0.2) is 30.7 Å². The molecule has 68 valence electrons. The van der Waals surface area contributed by atoms with Gasteiger partial charge in [0.2, 0.25) is 0 Å². The molecule has 0 amide bonds. The van der Waals surface area contributed by atoms with Crippen LogP contribution in [0.3, 0.4) is 0 Å². The molecule has 0 bridgehead atoms. The first-order chi connectivity index (χ1) is 5.86. The number of hydrogen-bond donors (Lipinski definition) is 1. The summed E-state index contributed by atoms with van der Waals surface area (Å²) in [6.45, 7) is 1.55. The smallest absolute Gasteiger partial charge is 0.161 e. The van der Waals surface area contributed by atoms with Crippen molar-refractivity contribution in [2.75, 3.05) is 13.2 Å². The molecule has 0 unspecified atom stereocenters. The predicted octanol–water partition coefficient (Wildman–Crippen LogP) is 0.376. The molecule has 3 heteroatoms. The summed E-state index contributed by atoms with van der Waals surface area (Å²) in [5, 5.41) is 9.74. The van der Waals surface area contributed by atoms with E-state index in [0.29, 0.717) is 17.8 Å². The fourth-order valence-corrected chi connectivity index (χ4v) is 3.05. The Kier molecular flexibility index (Phi) is 1.48. The molecule has 12 heavy (non-hydrogen) atoms. The molecule has 1 aliphatic carbocycles. The zero-order valence-electron chi connectivity index (χ0n) is 6.98. The van der Waals surface area contributed by atoms with Gasteiger partial charge in [0.1, 0.15) is 0 Å². The van der Waals surface area contributed by atoms with Crippen LogP contribution in [0.2, 0.25) is 0 Å². The largest absolute Gasteiger partial charge is 0.393 e. The van der Waals surface area contributed by atoms with Crippen LogP contribution in [0.15, 0.2) is 0 Å². The van der Waals surface area contributed by atoms with Gasteiger partial charge in [0.15, 0.2) is 6.29 Å². The predicted molar refractivity (Wildman–Crippen MR) is 41.4 cm³/mol. The Labute approximate surface area is 71.7 Å². The van der Waals surface area contributed by atoms with Crippen molar-refractivity contribution in [3.05, 3.63) is 0 Å². The molecular weight excluding hydrogens is 156 g/mol. The van der Waals surface area contributed by atoms with E-state index in [9.17, 15) is 5.11 Å². The second-order valence-corrected chi connectivity index (χ2v) is 4.17. The monoisotopic (exact) mass is 170 g/mol. The van der Waals surface area contributed by atoms with E-state index in [4.69, 9.17) is 9.47 Å². The third kappa shape index (κ3) is 0.817. The molecule has 0 radical (unpaired) electrons.